The molecule has 0 spiro atoms. The molecule has 1 aromatic rings. The average Bonchev–Trinajstić information content (AvgIpc) is 2.63. The first-order valence-electron chi connectivity index (χ1n) is 4.98. The molecule has 0 aliphatic carbocycles. The largest absolute Gasteiger partial charge is 0.368 e. The van der Waals surface area contributed by atoms with E-state index in [1.165, 1.54) is 0 Å². The highest BCUT2D eigenvalue weighted by Crippen LogP contribution is 2.23. The monoisotopic (exact) mass is 249 g/mol. The van der Waals surface area contributed by atoms with Gasteiger partial charge in [-0.15, -0.1) is 0 Å². The van der Waals surface area contributed by atoms with E-state index in [9.17, 15) is 9.59 Å². The van der Waals surface area contributed by atoms with Gasteiger partial charge in [-0.05, 0) is 19.1 Å². The molecule has 0 bridgehead atoms. The maximum atomic E-state index is 11.3. The lowest BCUT2D eigenvalue weighted by molar-refractivity contribution is -0.124. The fourth-order valence-corrected chi connectivity index (χ4v) is 2.16. The number of amides is 2. The summed E-state index contributed by atoms with van der Waals surface area (Å²) in [5.41, 5.74) is 7.04. The van der Waals surface area contributed by atoms with Gasteiger partial charge in [0.1, 0.15) is 0 Å². The number of nitrogens with two attached hydrogens (primary N) is 1. The second kappa shape index (κ2) is 4.58. The van der Waals surface area contributed by atoms with Gasteiger partial charge < -0.3 is 11.1 Å². The predicted octanol–water partition coefficient (Wildman–Crippen LogP) is 0.890. The first-order valence-corrected chi connectivity index (χ1v) is 5.86. The summed E-state index contributed by atoms with van der Waals surface area (Å²) in [6, 6.07) is 7.63. The summed E-state index contributed by atoms with van der Waals surface area (Å²) in [6.07, 6.45) is 0. The number of nitrogens with zero attached hydrogens (tertiary/aromatic N) is 1. The molecule has 0 saturated heterocycles. The molecule has 2 amide bonds. The van der Waals surface area contributed by atoms with Crippen molar-refractivity contribution in [3.05, 3.63) is 29.8 Å². The molecule has 3 N–H and O–H groups in total. The summed E-state index contributed by atoms with van der Waals surface area (Å²) in [6.45, 7) is 1.98. The van der Waals surface area contributed by atoms with Crippen molar-refractivity contribution in [2.75, 3.05) is 5.32 Å². The third-order valence-corrected chi connectivity index (χ3v) is 3.31. The molecule has 0 aromatic heterocycles. The van der Waals surface area contributed by atoms with Crippen molar-refractivity contribution in [2.24, 2.45) is 10.7 Å². The Morgan fingerprint density at radius 3 is 2.59 bits per heavy atom. The van der Waals surface area contributed by atoms with Crippen LogP contribution in [0.4, 0.5) is 5.69 Å². The van der Waals surface area contributed by atoms with Crippen molar-refractivity contribution in [1.29, 1.82) is 0 Å². The first kappa shape index (κ1) is 11.7. The van der Waals surface area contributed by atoms with Crippen LogP contribution in [0, 0.1) is 6.92 Å². The van der Waals surface area contributed by atoms with Crippen LogP contribution in [0.2, 0.25) is 0 Å². The Kier molecular flexibility index (Phi) is 3.14. The highest BCUT2D eigenvalue weighted by molar-refractivity contribution is 8.16. The number of nitrogens with one attached hydrogen (secondary N) is 1. The van der Waals surface area contributed by atoms with Crippen molar-refractivity contribution in [3.63, 3.8) is 0 Å². The molecule has 17 heavy (non-hydrogen) atoms. The van der Waals surface area contributed by atoms with E-state index in [-0.39, 0.29) is 0 Å². The number of anilines is 1. The summed E-state index contributed by atoms with van der Waals surface area (Å²) in [4.78, 5) is 26.0. The van der Waals surface area contributed by atoms with E-state index in [4.69, 9.17) is 5.73 Å². The molecule has 0 saturated carbocycles. The van der Waals surface area contributed by atoms with Gasteiger partial charge in [-0.1, -0.05) is 29.5 Å². The summed E-state index contributed by atoms with van der Waals surface area (Å²) in [5.74, 6) is -1.17. The van der Waals surface area contributed by atoms with Crippen molar-refractivity contribution >= 4 is 34.4 Å². The van der Waals surface area contributed by atoms with Gasteiger partial charge in [0.2, 0.25) is 5.91 Å². The minimum Gasteiger partial charge on any atom is -0.368 e. The van der Waals surface area contributed by atoms with E-state index < -0.39 is 17.1 Å². The van der Waals surface area contributed by atoms with E-state index in [0.717, 1.165) is 23.0 Å². The molecule has 1 atom stereocenters. The number of primary amides is 1. The first-order chi connectivity index (χ1) is 8.06. The lowest BCUT2D eigenvalue weighted by Gasteiger charge is -2.05. The molecule has 2 rings (SSSR count). The number of thioether (sulfide) groups is 1. The molecular weight excluding hydrogens is 238 g/mol. The summed E-state index contributed by atoms with van der Waals surface area (Å²) >= 11 is 1.04. The molecule has 0 radical (unpaired) electrons. The summed E-state index contributed by atoms with van der Waals surface area (Å²) < 4.78 is 0. The number of aliphatic imine (C=N–C) groups is 1. The van der Waals surface area contributed by atoms with Gasteiger partial charge >= 0.3 is 0 Å². The highest BCUT2D eigenvalue weighted by Gasteiger charge is 2.33. The zero-order valence-electron chi connectivity index (χ0n) is 9.14. The van der Waals surface area contributed by atoms with Crippen LogP contribution in [0.1, 0.15) is 5.56 Å². The van der Waals surface area contributed by atoms with Gasteiger partial charge in [0.15, 0.2) is 10.4 Å². The Morgan fingerprint density at radius 1 is 1.41 bits per heavy atom. The molecule has 6 heteroatoms. The molecule has 88 valence electrons. The Morgan fingerprint density at radius 2 is 2.06 bits per heavy atom. The van der Waals surface area contributed by atoms with E-state index in [1.54, 1.807) is 0 Å². The molecular formula is C11H11N3O2S. The molecule has 1 heterocycles. The maximum Gasteiger partial charge on any atom is 0.271 e. The number of rotatable bonds is 2. The molecule has 1 aromatic carbocycles. The van der Waals surface area contributed by atoms with Crippen LogP contribution >= 0.6 is 11.8 Å². The smallest absolute Gasteiger partial charge is 0.271 e. The SMILES string of the molecule is Cc1ccc(NC2=NC(=O)C(C(N)=O)S2)cc1. The topological polar surface area (TPSA) is 84.6 Å². The Bertz CT molecular complexity index is 496. The molecule has 0 fully saturated rings. The number of hydrogen-bond donors (Lipinski definition) is 2. The fraction of sp³-hybridized carbons (Fsp3) is 0.182. The van der Waals surface area contributed by atoms with Gasteiger partial charge in [0.05, 0.1) is 0 Å². The summed E-state index contributed by atoms with van der Waals surface area (Å²) in [7, 11) is 0. The standard InChI is InChI=1S/C11H11N3O2S/c1-6-2-4-7(5-3-6)13-11-14-10(16)8(17-11)9(12)15/h2-5,8H,1H3,(H2,12,15)(H,13,14,16). The number of benzene rings is 1. The van der Waals surface area contributed by atoms with Crippen molar-refractivity contribution < 1.29 is 9.59 Å². The third kappa shape index (κ3) is 2.65. The van der Waals surface area contributed by atoms with Crippen LogP contribution in [0.15, 0.2) is 29.3 Å². The van der Waals surface area contributed by atoms with Crippen LogP contribution in [-0.4, -0.2) is 22.2 Å². The number of carbonyl (C=O) groups excluding carboxylic acids is 2. The van der Waals surface area contributed by atoms with Crippen LogP contribution in [0.3, 0.4) is 0 Å². The highest BCUT2D eigenvalue weighted by atomic mass is 32.2. The summed E-state index contributed by atoms with van der Waals surface area (Å²) in [5, 5.41) is 2.47. The average molecular weight is 249 g/mol. The Labute approximate surface area is 102 Å². The van der Waals surface area contributed by atoms with Crippen LogP contribution in [0.25, 0.3) is 0 Å². The number of aryl methyl sites for hydroxylation is 1. The predicted molar refractivity (Wildman–Crippen MR) is 67.8 cm³/mol. The molecule has 1 aliphatic heterocycles. The lowest BCUT2D eigenvalue weighted by atomic mass is 10.2. The van der Waals surface area contributed by atoms with Crippen molar-refractivity contribution in [2.45, 2.75) is 12.2 Å². The van der Waals surface area contributed by atoms with E-state index in [0.29, 0.717) is 5.17 Å². The molecule has 5 nitrogen and oxygen atoms in total. The van der Waals surface area contributed by atoms with Crippen molar-refractivity contribution in [1.82, 2.24) is 0 Å². The maximum absolute atomic E-state index is 11.3. The van der Waals surface area contributed by atoms with Crippen LogP contribution in [-0.2, 0) is 9.59 Å². The molecule has 1 unspecified atom stereocenters. The zero-order valence-corrected chi connectivity index (χ0v) is 9.95. The second-order valence-electron chi connectivity index (χ2n) is 3.65. The van der Waals surface area contributed by atoms with Crippen LogP contribution < -0.4 is 11.1 Å². The van der Waals surface area contributed by atoms with Gasteiger partial charge in [-0.25, -0.2) is 0 Å². The second-order valence-corrected chi connectivity index (χ2v) is 4.74. The number of amidine groups is 1. The minimum atomic E-state index is -0.900. The quantitative estimate of drug-likeness (QED) is 0.762. The van der Waals surface area contributed by atoms with Crippen molar-refractivity contribution in [3.8, 4) is 0 Å². The number of hydrogen-bond acceptors (Lipinski definition) is 4. The Hall–Kier alpha value is -1.82. The Balaban J connectivity index is 2.06. The van der Waals surface area contributed by atoms with E-state index >= 15 is 0 Å². The lowest BCUT2D eigenvalue weighted by Crippen LogP contribution is -2.29. The third-order valence-electron chi connectivity index (χ3n) is 2.23. The fourth-order valence-electron chi connectivity index (χ4n) is 1.34. The zero-order chi connectivity index (χ0) is 12.4. The number of carbonyl (C=O) groups is 2. The van der Waals surface area contributed by atoms with Gasteiger partial charge in [0.25, 0.3) is 5.91 Å². The molecule has 1 aliphatic rings. The van der Waals surface area contributed by atoms with Gasteiger partial charge in [-0.3, -0.25) is 9.59 Å². The van der Waals surface area contributed by atoms with E-state index in [2.05, 4.69) is 10.3 Å². The van der Waals surface area contributed by atoms with Gasteiger partial charge in [-0.2, -0.15) is 4.99 Å². The van der Waals surface area contributed by atoms with Crippen LogP contribution in [0.5, 0.6) is 0 Å². The normalized spacial score (nSPS) is 19.0. The van der Waals surface area contributed by atoms with E-state index in [1.807, 2.05) is 31.2 Å². The minimum absolute atomic E-state index is 0.405. The van der Waals surface area contributed by atoms with Gasteiger partial charge in [0, 0.05) is 5.69 Å².